The molecule has 24 heavy (non-hydrogen) atoms. The molecule has 2 aromatic rings. The summed E-state index contributed by atoms with van der Waals surface area (Å²) in [4.78, 5) is 1.90. The summed E-state index contributed by atoms with van der Waals surface area (Å²) in [5.41, 5.74) is 9.30. The van der Waals surface area contributed by atoms with E-state index in [0.717, 1.165) is 17.0 Å². The van der Waals surface area contributed by atoms with Gasteiger partial charge in [0.25, 0.3) is 0 Å². The molecule has 6 heteroatoms. The molecule has 0 radical (unpaired) electrons. The van der Waals surface area contributed by atoms with Crippen molar-refractivity contribution in [3.63, 3.8) is 0 Å². The summed E-state index contributed by atoms with van der Waals surface area (Å²) in [6.07, 6.45) is 1.59. The average Bonchev–Trinajstić information content (AvgIpc) is 2.60. The predicted octanol–water partition coefficient (Wildman–Crippen LogP) is 3.21. The van der Waals surface area contributed by atoms with Crippen LogP contribution in [0.25, 0.3) is 0 Å². The summed E-state index contributed by atoms with van der Waals surface area (Å²) < 4.78 is 0. The van der Waals surface area contributed by atoms with Gasteiger partial charge in [0.15, 0.2) is 5.17 Å². The smallest absolute Gasteiger partial charge is 0.180 e. The Kier molecular flexibility index (Phi) is 6.41. The molecule has 0 spiro atoms. The van der Waals surface area contributed by atoms with Crippen molar-refractivity contribution in [2.45, 2.75) is 5.75 Å². The lowest BCUT2D eigenvalue weighted by Gasteiger charge is -2.14. The third-order valence-electron chi connectivity index (χ3n) is 3.22. The number of benzene rings is 2. The topological polar surface area (TPSA) is 77.8 Å². The Bertz CT molecular complexity index is 776. The number of hydrogen-bond acceptors (Lipinski definition) is 5. The van der Waals surface area contributed by atoms with E-state index >= 15 is 0 Å². The summed E-state index contributed by atoms with van der Waals surface area (Å²) in [5.74, 6) is 0.752. The summed E-state index contributed by atoms with van der Waals surface area (Å²) in [6.45, 7) is 0. The van der Waals surface area contributed by atoms with Crippen LogP contribution in [0.1, 0.15) is 16.7 Å². The minimum absolute atomic E-state index is 0.403. The molecule has 0 aromatic heterocycles. The van der Waals surface area contributed by atoms with Crippen molar-refractivity contribution in [3.05, 3.63) is 65.2 Å². The van der Waals surface area contributed by atoms with E-state index in [0.29, 0.717) is 10.7 Å². The molecule has 0 saturated carbocycles. The second-order valence-electron chi connectivity index (χ2n) is 5.24. The Balaban J connectivity index is 1.99. The molecule has 0 fully saturated rings. The predicted molar refractivity (Wildman–Crippen MR) is 102 cm³/mol. The minimum Gasteiger partial charge on any atom is -0.377 e. The largest absolute Gasteiger partial charge is 0.377 e. The number of amidine groups is 1. The van der Waals surface area contributed by atoms with Gasteiger partial charge < -0.3 is 10.6 Å². The SMILES string of the molecule is CN(C)c1ccc(C=NN=C(N)SCc2ccccc2)cc1C#N. The fourth-order valence-corrected chi connectivity index (χ4v) is 2.64. The summed E-state index contributed by atoms with van der Waals surface area (Å²) >= 11 is 1.43. The summed E-state index contributed by atoms with van der Waals surface area (Å²) in [6, 6.07) is 17.8. The second kappa shape index (κ2) is 8.75. The van der Waals surface area contributed by atoms with Crippen LogP contribution in [0.5, 0.6) is 0 Å². The number of thioether (sulfide) groups is 1. The van der Waals surface area contributed by atoms with Gasteiger partial charge in [0.1, 0.15) is 6.07 Å². The van der Waals surface area contributed by atoms with Crippen molar-refractivity contribution >= 4 is 28.8 Å². The number of nitrogens with zero attached hydrogens (tertiary/aromatic N) is 4. The Morgan fingerprint density at radius 2 is 2.00 bits per heavy atom. The van der Waals surface area contributed by atoms with Crippen LogP contribution in [0, 0.1) is 11.3 Å². The van der Waals surface area contributed by atoms with E-state index in [1.165, 1.54) is 17.3 Å². The highest BCUT2D eigenvalue weighted by atomic mass is 32.2. The van der Waals surface area contributed by atoms with Gasteiger partial charge in [-0.2, -0.15) is 10.4 Å². The molecule has 2 N–H and O–H groups in total. The van der Waals surface area contributed by atoms with Crippen LogP contribution in [0.3, 0.4) is 0 Å². The second-order valence-corrected chi connectivity index (χ2v) is 6.24. The zero-order chi connectivity index (χ0) is 17.4. The van der Waals surface area contributed by atoms with Crippen LogP contribution >= 0.6 is 11.8 Å². The standard InChI is InChI=1S/C18H19N5S/c1-23(2)17-9-8-15(10-16(17)11-19)12-21-22-18(20)24-13-14-6-4-3-5-7-14/h3-10,12H,13H2,1-2H3,(H2,20,22). The first-order valence-corrected chi connectivity index (χ1v) is 8.33. The molecule has 2 aromatic carbocycles. The average molecular weight is 337 g/mol. The maximum atomic E-state index is 9.21. The van der Waals surface area contributed by atoms with E-state index in [1.54, 1.807) is 12.3 Å². The van der Waals surface area contributed by atoms with Gasteiger partial charge in [-0.25, -0.2) is 0 Å². The van der Waals surface area contributed by atoms with E-state index in [9.17, 15) is 5.26 Å². The van der Waals surface area contributed by atoms with Gasteiger partial charge in [0, 0.05) is 19.8 Å². The molecule has 0 bridgehead atoms. The lowest BCUT2D eigenvalue weighted by molar-refractivity contribution is 1.12. The number of nitriles is 1. The molecule has 0 unspecified atom stereocenters. The monoisotopic (exact) mass is 337 g/mol. The first kappa shape index (κ1) is 17.6. The highest BCUT2D eigenvalue weighted by molar-refractivity contribution is 8.13. The lowest BCUT2D eigenvalue weighted by atomic mass is 10.1. The zero-order valence-electron chi connectivity index (χ0n) is 13.7. The third-order valence-corrected chi connectivity index (χ3v) is 4.07. The Hall–Kier alpha value is -2.78. The van der Waals surface area contributed by atoms with E-state index in [4.69, 9.17) is 5.73 Å². The van der Waals surface area contributed by atoms with Crippen LogP contribution in [0.2, 0.25) is 0 Å². The van der Waals surface area contributed by atoms with E-state index in [1.807, 2.05) is 61.5 Å². The molecule has 122 valence electrons. The molecular weight excluding hydrogens is 318 g/mol. The van der Waals surface area contributed by atoms with Crippen LogP contribution in [0.4, 0.5) is 5.69 Å². The van der Waals surface area contributed by atoms with Gasteiger partial charge in [-0.15, -0.1) is 5.10 Å². The first-order chi connectivity index (χ1) is 11.6. The van der Waals surface area contributed by atoms with Gasteiger partial charge in [0.2, 0.25) is 0 Å². The molecule has 0 atom stereocenters. The normalized spacial score (nSPS) is 11.5. The molecule has 0 saturated heterocycles. The molecule has 0 aliphatic carbocycles. The van der Waals surface area contributed by atoms with E-state index in [-0.39, 0.29) is 0 Å². The summed E-state index contributed by atoms with van der Waals surface area (Å²) in [5, 5.41) is 17.6. The highest BCUT2D eigenvalue weighted by Gasteiger charge is 2.04. The molecule has 5 nitrogen and oxygen atoms in total. The van der Waals surface area contributed by atoms with Crippen LogP contribution in [-0.4, -0.2) is 25.5 Å². The van der Waals surface area contributed by atoms with Crippen LogP contribution in [-0.2, 0) is 5.75 Å². The fourth-order valence-electron chi connectivity index (χ4n) is 2.03. The van der Waals surface area contributed by atoms with Gasteiger partial charge in [-0.05, 0) is 23.3 Å². The third kappa shape index (κ3) is 5.14. The number of rotatable bonds is 5. The van der Waals surface area contributed by atoms with Gasteiger partial charge in [-0.3, -0.25) is 0 Å². The number of hydrogen-bond donors (Lipinski definition) is 1. The highest BCUT2D eigenvalue weighted by Crippen LogP contribution is 2.18. The first-order valence-electron chi connectivity index (χ1n) is 7.35. The molecule has 0 aliphatic rings. The maximum absolute atomic E-state index is 9.21. The van der Waals surface area contributed by atoms with Crippen molar-refractivity contribution in [1.82, 2.24) is 0 Å². The Morgan fingerprint density at radius 3 is 2.67 bits per heavy atom. The molecule has 2 rings (SSSR count). The van der Waals surface area contributed by atoms with Gasteiger partial charge >= 0.3 is 0 Å². The number of nitrogens with two attached hydrogens (primary N) is 1. The quantitative estimate of drug-likeness (QED) is 0.516. The zero-order valence-corrected chi connectivity index (χ0v) is 14.5. The van der Waals surface area contributed by atoms with E-state index < -0.39 is 0 Å². The molecule has 0 amide bonds. The Morgan fingerprint density at radius 1 is 1.25 bits per heavy atom. The Labute approximate surface area is 146 Å². The van der Waals surface area contributed by atoms with Gasteiger partial charge in [0.05, 0.1) is 17.5 Å². The van der Waals surface area contributed by atoms with Crippen molar-refractivity contribution in [2.75, 3.05) is 19.0 Å². The van der Waals surface area contributed by atoms with E-state index in [2.05, 4.69) is 16.3 Å². The molecule has 0 aliphatic heterocycles. The van der Waals surface area contributed by atoms with Crippen LogP contribution in [0.15, 0.2) is 58.7 Å². The van der Waals surface area contributed by atoms with Crippen molar-refractivity contribution in [2.24, 2.45) is 15.9 Å². The van der Waals surface area contributed by atoms with Gasteiger partial charge in [-0.1, -0.05) is 48.2 Å². The van der Waals surface area contributed by atoms with Crippen molar-refractivity contribution < 1.29 is 0 Å². The summed E-state index contributed by atoms with van der Waals surface area (Å²) in [7, 11) is 3.80. The minimum atomic E-state index is 0.403. The molecular formula is C18H19N5S. The number of anilines is 1. The van der Waals surface area contributed by atoms with Crippen molar-refractivity contribution in [3.8, 4) is 6.07 Å². The molecule has 0 heterocycles. The van der Waals surface area contributed by atoms with Crippen LogP contribution < -0.4 is 10.6 Å². The van der Waals surface area contributed by atoms with Crippen molar-refractivity contribution in [1.29, 1.82) is 5.26 Å². The lowest BCUT2D eigenvalue weighted by Crippen LogP contribution is -2.10. The fraction of sp³-hybridized carbons (Fsp3) is 0.167. The maximum Gasteiger partial charge on any atom is 0.180 e.